The summed E-state index contributed by atoms with van der Waals surface area (Å²) in [7, 11) is 0. The molecule has 1 N–H and O–H groups in total. The average Bonchev–Trinajstić information content (AvgIpc) is 3.54. The smallest absolute Gasteiger partial charge is 0.329 e. The van der Waals surface area contributed by atoms with Gasteiger partial charge in [-0.15, -0.1) is 0 Å². The third-order valence-corrected chi connectivity index (χ3v) is 7.20. The molecule has 3 atom stereocenters. The molecule has 192 valence electrons. The average molecular weight is 503 g/mol. The van der Waals surface area contributed by atoms with E-state index in [1.54, 1.807) is 27.2 Å². The molecule has 3 aromatic rings. The molecule has 0 radical (unpaired) electrons. The van der Waals surface area contributed by atoms with Crippen LogP contribution >= 0.6 is 0 Å². The summed E-state index contributed by atoms with van der Waals surface area (Å²) < 4.78 is 5.15. The van der Waals surface area contributed by atoms with E-state index in [-0.39, 0.29) is 18.6 Å². The highest BCUT2D eigenvalue weighted by Crippen LogP contribution is 2.38. The molecule has 0 saturated carbocycles. The van der Waals surface area contributed by atoms with E-state index in [1.165, 1.54) is 4.90 Å². The number of anilines is 2. The Kier molecular flexibility index (Phi) is 6.85. The molecule has 2 saturated heterocycles. The van der Waals surface area contributed by atoms with Gasteiger partial charge in [-0.3, -0.25) is 4.90 Å². The molecule has 2 aromatic carbocycles. The number of urea groups is 2. The van der Waals surface area contributed by atoms with E-state index in [4.69, 9.17) is 4.42 Å². The third-order valence-electron chi connectivity index (χ3n) is 7.20. The lowest BCUT2D eigenvalue weighted by Crippen LogP contribution is -2.67. The van der Waals surface area contributed by atoms with Gasteiger partial charge in [-0.1, -0.05) is 36.4 Å². The molecule has 9 nitrogen and oxygen atoms in total. The van der Waals surface area contributed by atoms with Gasteiger partial charge in [0.15, 0.2) is 6.04 Å². The summed E-state index contributed by atoms with van der Waals surface area (Å²) in [5.41, 5.74) is 2.16. The highest BCUT2D eigenvalue weighted by atomic mass is 16.4. The second kappa shape index (κ2) is 10.4. The van der Waals surface area contributed by atoms with Crippen LogP contribution in [0, 0.1) is 0 Å². The highest BCUT2D eigenvalue weighted by Gasteiger charge is 2.54. The molecular formula is C28H30N4O5. The Hall–Kier alpha value is -4.27. The summed E-state index contributed by atoms with van der Waals surface area (Å²) in [6.07, 6.45) is 4.33. The van der Waals surface area contributed by atoms with Crippen molar-refractivity contribution in [2.24, 2.45) is 0 Å². The predicted molar refractivity (Wildman–Crippen MR) is 137 cm³/mol. The second-order valence-electron chi connectivity index (χ2n) is 9.36. The number of amides is 4. The van der Waals surface area contributed by atoms with Gasteiger partial charge in [-0.2, -0.15) is 0 Å². The molecule has 4 amide bonds. The summed E-state index contributed by atoms with van der Waals surface area (Å²) in [6.45, 7) is 2.89. The van der Waals surface area contributed by atoms with Gasteiger partial charge in [0, 0.05) is 18.7 Å². The van der Waals surface area contributed by atoms with Crippen molar-refractivity contribution >= 4 is 29.4 Å². The summed E-state index contributed by atoms with van der Waals surface area (Å²) in [6, 6.07) is 17.5. The van der Waals surface area contributed by atoms with Crippen LogP contribution in [0.2, 0.25) is 0 Å². The van der Waals surface area contributed by atoms with Crippen LogP contribution in [-0.2, 0) is 11.3 Å². The number of piperazine rings is 1. The van der Waals surface area contributed by atoms with Crippen molar-refractivity contribution in [1.29, 1.82) is 0 Å². The first-order chi connectivity index (χ1) is 18.0. The number of carbonyl (C=O) groups is 3. The number of nitrogens with zero attached hydrogens (tertiary/aromatic N) is 4. The van der Waals surface area contributed by atoms with Crippen LogP contribution in [0.1, 0.15) is 25.3 Å². The first-order valence-electron chi connectivity index (χ1n) is 12.5. The lowest BCUT2D eigenvalue weighted by molar-refractivity contribution is -0.145. The number of likely N-dealkylation sites (tertiary alicyclic amines) is 1. The Morgan fingerprint density at radius 3 is 2.14 bits per heavy atom. The molecule has 9 heteroatoms. The number of hydrogen-bond donors (Lipinski definition) is 1. The molecular weight excluding hydrogens is 472 g/mol. The molecule has 5 rings (SSSR count). The molecule has 2 aliphatic rings. The molecule has 0 spiro atoms. The van der Waals surface area contributed by atoms with E-state index in [0.717, 1.165) is 5.56 Å². The number of carboxylic acids is 1. The molecule has 3 heterocycles. The molecule has 2 aliphatic heterocycles. The maximum Gasteiger partial charge on any atom is 0.329 e. The minimum atomic E-state index is -1.15. The number of carbonyl (C=O) groups excluding carboxylic acids is 2. The van der Waals surface area contributed by atoms with Crippen LogP contribution in [0.4, 0.5) is 21.0 Å². The van der Waals surface area contributed by atoms with E-state index in [2.05, 4.69) is 0 Å². The molecule has 1 aromatic heterocycles. The van der Waals surface area contributed by atoms with Gasteiger partial charge in [0.05, 0.1) is 42.5 Å². The lowest BCUT2D eigenvalue weighted by Gasteiger charge is -2.47. The Morgan fingerprint density at radius 2 is 1.59 bits per heavy atom. The third kappa shape index (κ3) is 4.64. The monoisotopic (exact) mass is 502 g/mol. The van der Waals surface area contributed by atoms with E-state index < -0.39 is 24.1 Å². The zero-order valence-corrected chi connectivity index (χ0v) is 20.6. The molecule has 0 aliphatic carbocycles. The van der Waals surface area contributed by atoms with Crippen LogP contribution in [0.5, 0.6) is 0 Å². The summed E-state index contributed by atoms with van der Waals surface area (Å²) >= 11 is 0. The number of rotatable bonds is 6. The van der Waals surface area contributed by atoms with Gasteiger partial charge in [-0.05, 0) is 50.1 Å². The zero-order valence-electron chi connectivity index (χ0n) is 20.6. The van der Waals surface area contributed by atoms with Crippen molar-refractivity contribution < 1.29 is 23.9 Å². The van der Waals surface area contributed by atoms with Gasteiger partial charge in [0.2, 0.25) is 0 Å². The number of furan rings is 1. The van der Waals surface area contributed by atoms with Gasteiger partial charge in [0.1, 0.15) is 0 Å². The predicted octanol–water partition coefficient (Wildman–Crippen LogP) is 4.78. The van der Waals surface area contributed by atoms with Crippen LogP contribution < -0.4 is 4.90 Å². The minimum Gasteiger partial charge on any atom is -0.480 e. The van der Waals surface area contributed by atoms with E-state index in [1.807, 2.05) is 73.7 Å². The van der Waals surface area contributed by atoms with Crippen LogP contribution in [-0.4, -0.2) is 69.1 Å². The van der Waals surface area contributed by atoms with Crippen molar-refractivity contribution in [2.75, 3.05) is 18.0 Å². The van der Waals surface area contributed by atoms with E-state index in [9.17, 15) is 19.5 Å². The Morgan fingerprint density at radius 1 is 0.946 bits per heavy atom. The highest BCUT2D eigenvalue weighted by molar-refractivity contribution is 6.01. The van der Waals surface area contributed by atoms with Crippen molar-refractivity contribution in [1.82, 2.24) is 14.7 Å². The SMILES string of the molecule is CCN(Cc1ccoc1)C(=O)N1C2CCC1[C@@H](C(=O)O)N(C(=O)N(c1ccccc1)c1ccccc1)C2. The minimum absolute atomic E-state index is 0.150. The Balaban J connectivity index is 1.45. The van der Waals surface area contributed by atoms with E-state index in [0.29, 0.717) is 37.3 Å². The fourth-order valence-electron chi connectivity index (χ4n) is 5.48. The maximum absolute atomic E-state index is 14.1. The second-order valence-corrected chi connectivity index (χ2v) is 9.36. The van der Waals surface area contributed by atoms with Crippen LogP contribution in [0.15, 0.2) is 83.7 Å². The largest absolute Gasteiger partial charge is 0.480 e. The Bertz CT molecular complexity index is 1190. The normalized spacial score (nSPS) is 20.5. The van der Waals surface area contributed by atoms with Crippen LogP contribution in [0.25, 0.3) is 0 Å². The summed E-state index contributed by atoms with van der Waals surface area (Å²) in [5, 5.41) is 10.3. The molecule has 2 bridgehead atoms. The Labute approximate surface area is 215 Å². The fraction of sp³-hybridized carbons (Fsp3) is 0.321. The van der Waals surface area contributed by atoms with Crippen molar-refractivity contribution in [2.45, 2.75) is 44.4 Å². The van der Waals surface area contributed by atoms with Crippen LogP contribution in [0.3, 0.4) is 0 Å². The number of fused-ring (bicyclic) bond motifs is 2. The topological polar surface area (TPSA) is 97.5 Å². The van der Waals surface area contributed by atoms with Crippen molar-refractivity contribution in [3.8, 4) is 0 Å². The number of para-hydroxylation sites is 2. The lowest BCUT2D eigenvalue weighted by atomic mass is 10.0. The number of hydrogen-bond acceptors (Lipinski definition) is 4. The molecule has 37 heavy (non-hydrogen) atoms. The fourth-order valence-corrected chi connectivity index (χ4v) is 5.48. The van der Waals surface area contributed by atoms with Gasteiger partial charge in [0.25, 0.3) is 0 Å². The molecule has 2 unspecified atom stereocenters. The van der Waals surface area contributed by atoms with Crippen molar-refractivity contribution in [3.05, 3.63) is 84.8 Å². The summed E-state index contributed by atoms with van der Waals surface area (Å²) in [5.74, 6) is -1.12. The quantitative estimate of drug-likeness (QED) is 0.523. The van der Waals surface area contributed by atoms with Crippen molar-refractivity contribution in [3.63, 3.8) is 0 Å². The van der Waals surface area contributed by atoms with Gasteiger partial charge < -0.3 is 24.2 Å². The maximum atomic E-state index is 14.1. The van der Waals surface area contributed by atoms with Gasteiger partial charge in [-0.25, -0.2) is 14.4 Å². The first-order valence-corrected chi connectivity index (χ1v) is 12.5. The standard InChI is InChI=1S/C28H30N4O5/c1-2-29(17-20-15-16-37-19-20)27(35)32-23-13-14-24(32)25(26(33)34)30(18-23)28(36)31(21-9-5-3-6-10-21)22-11-7-4-8-12-22/h3-12,15-16,19,23-25H,2,13-14,17-18H2,1H3,(H,33,34)/t23?,24?,25-/m0/s1. The van der Waals surface area contributed by atoms with E-state index >= 15 is 0 Å². The summed E-state index contributed by atoms with van der Waals surface area (Å²) in [4.78, 5) is 46.7. The number of benzene rings is 2. The number of aliphatic carboxylic acids is 1. The zero-order chi connectivity index (χ0) is 25.9. The number of carboxylic acid groups (broad SMARTS) is 1. The first kappa shape index (κ1) is 24.4. The van der Waals surface area contributed by atoms with Gasteiger partial charge >= 0.3 is 18.0 Å². The molecule has 2 fully saturated rings.